The fourth-order valence-electron chi connectivity index (χ4n) is 0.781. The Hall–Kier alpha value is 0.0400. The average molecular weight is 228 g/mol. The molecule has 76 valence electrons. The van der Waals surface area contributed by atoms with E-state index in [1.807, 2.05) is 0 Å². The lowest BCUT2D eigenvalue weighted by atomic mass is 10.1. The molecule has 0 spiro atoms. The Bertz CT molecular complexity index is 321. The van der Waals surface area contributed by atoms with Crippen LogP contribution in [0.3, 0.4) is 0 Å². The molecule has 8 heteroatoms. The van der Waals surface area contributed by atoms with Crippen molar-refractivity contribution in [3.05, 3.63) is 11.4 Å². The van der Waals surface area contributed by atoms with E-state index in [-0.39, 0.29) is 5.31 Å². The molecular formula is C5H10O6P2. The number of aliphatic hydroxyl groups is 1. The van der Waals surface area contributed by atoms with Crippen LogP contribution in [0.5, 0.6) is 0 Å². The Morgan fingerprint density at radius 3 is 2.31 bits per heavy atom. The summed E-state index contributed by atoms with van der Waals surface area (Å²) >= 11 is 0. The Morgan fingerprint density at radius 2 is 2.00 bits per heavy atom. The molecule has 0 aliphatic heterocycles. The first-order chi connectivity index (χ1) is 5.87. The molecule has 1 aliphatic carbocycles. The Labute approximate surface area is 74.9 Å². The second-order valence-electron chi connectivity index (χ2n) is 2.62. The third-order valence-corrected chi connectivity index (χ3v) is 4.96. The molecule has 0 amide bonds. The molecule has 0 aromatic heterocycles. The topological polar surface area (TPSA) is 104 Å². The first-order valence-electron chi connectivity index (χ1n) is 3.54. The summed E-state index contributed by atoms with van der Waals surface area (Å²) in [5, 5.41) is 8.47. The fraction of sp³-hybridized carbons (Fsp3) is 0.600. The molecule has 0 bridgehead atoms. The maximum absolute atomic E-state index is 11.2. The fourth-order valence-corrected chi connectivity index (χ4v) is 3.56. The van der Waals surface area contributed by atoms with Crippen LogP contribution in [0.4, 0.5) is 0 Å². The second kappa shape index (κ2) is 3.65. The standard InChI is InChI=1S/C5H10O6P2/c6-4-12(7,8)11-13(9,10)5-2-1-3-5/h2,6H,1,3-4H2,(H,7,8)(H,9,10). The molecule has 1 aliphatic rings. The van der Waals surface area contributed by atoms with Crippen LogP contribution in [0.2, 0.25) is 0 Å². The third kappa shape index (κ3) is 2.74. The van der Waals surface area contributed by atoms with Gasteiger partial charge in [-0.15, -0.1) is 0 Å². The first-order valence-corrected chi connectivity index (χ1v) is 6.88. The van der Waals surface area contributed by atoms with Gasteiger partial charge in [0.1, 0.15) is 6.35 Å². The number of hydrogen-bond donors (Lipinski definition) is 3. The van der Waals surface area contributed by atoms with Gasteiger partial charge in [-0.05, 0) is 12.8 Å². The average Bonchev–Trinajstić information content (AvgIpc) is 1.79. The molecule has 0 radical (unpaired) electrons. The third-order valence-electron chi connectivity index (χ3n) is 1.56. The van der Waals surface area contributed by atoms with Crippen molar-refractivity contribution < 1.29 is 28.3 Å². The van der Waals surface area contributed by atoms with Crippen molar-refractivity contribution in [2.75, 3.05) is 6.35 Å². The van der Waals surface area contributed by atoms with Crippen molar-refractivity contribution in [2.45, 2.75) is 12.8 Å². The largest absolute Gasteiger partial charge is 0.384 e. The summed E-state index contributed by atoms with van der Waals surface area (Å²) in [5.41, 5.74) is 0. The molecule has 2 unspecified atom stereocenters. The minimum absolute atomic E-state index is 0.134. The molecule has 1 rings (SSSR count). The van der Waals surface area contributed by atoms with Gasteiger partial charge in [0.05, 0.1) is 0 Å². The summed E-state index contributed by atoms with van der Waals surface area (Å²) in [6.07, 6.45) is 1.36. The van der Waals surface area contributed by atoms with Crippen LogP contribution in [-0.2, 0) is 13.4 Å². The molecule has 0 aromatic carbocycles. The van der Waals surface area contributed by atoms with Crippen molar-refractivity contribution in [3.8, 4) is 0 Å². The molecule has 0 aromatic rings. The Morgan fingerprint density at radius 1 is 1.46 bits per heavy atom. The van der Waals surface area contributed by atoms with Crippen LogP contribution >= 0.6 is 15.2 Å². The second-order valence-corrected chi connectivity index (χ2v) is 6.44. The lowest BCUT2D eigenvalue weighted by molar-refractivity contribution is 0.279. The minimum atomic E-state index is -4.33. The predicted octanol–water partition coefficient (Wildman–Crippen LogP) is 1.00. The van der Waals surface area contributed by atoms with Crippen molar-refractivity contribution >= 4 is 15.2 Å². The van der Waals surface area contributed by atoms with E-state index in [1.165, 1.54) is 6.08 Å². The van der Waals surface area contributed by atoms with E-state index >= 15 is 0 Å². The number of allylic oxidation sites excluding steroid dienone is 2. The van der Waals surface area contributed by atoms with Crippen LogP contribution in [0.1, 0.15) is 12.8 Å². The van der Waals surface area contributed by atoms with Gasteiger partial charge in [-0.25, -0.2) is 4.31 Å². The van der Waals surface area contributed by atoms with Crippen molar-refractivity contribution in [1.29, 1.82) is 0 Å². The van der Waals surface area contributed by atoms with Gasteiger partial charge >= 0.3 is 15.2 Å². The maximum atomic E-state index is 11.2. The summed E-state index contributed by atoms with van der Waals surface area (Å²) in [7, 11) is -8.47. The van der Waals surface area contributed by atoms with Crippen molar-refractivity contribution in [2.24, 2.45) is 0 Å². The molecule has 2 atom stereocenters. The lowest BCUT2D eigenvalue weighted by Crippen LogP contribution is -1.99. The normalized spacial score (nSPS) is 25.3. The van der Waals surface area contributed by atoms with E-state index in [2.05, 4.69) is 4.31 Å². The van der Waals surface area contributed by atoms with Gasteiger partial charge in [-0.3, -0.25) is 9.13 Å². The number of rotatable bonds is 4. The van der Waals surface area contributed by atoms with Crippen molar-refractivity contribution in [1.82, 2.24) is 0 Å². The number of aliphatic hydroxyl groups excluding tert-OH is 1. The summed E-state index contributed by atoms with van der Waals surface area (Å²) in [6, 6.07) is 0. The van der Waals surface area contributed by atoms with Crippen LogP contribution in [0.15, 0.2) is 11.4 Å². The molecular weight excluding hydrogens is 218 g/mol. The van der Waals surface area contributed by atoms with Gasteiger partial charge in [-0.2, -0.15) is 0 Å². The van der Waals surface area contributed by atoms with Gasteiger partial charge in [0, 0.05) is 5.31 Å². The molecule has 6 nitrogen and oxygen atoms in total. The molecule has 3 N–H and O–H groups in total. The zero-order chi connectivity index (χ0) is 10.1. The highest BCUT2D eigenvalue weighted by atomic mass is 31.3. The Balaban J connectivity index is 2.73. The predicted molar refractivity (Wildman–Crippen MR) is 45.1 cm³/mol. The molecule has 0 saturated heterocycles. The zero-order valence-electron chi connectivity index (χ0n) is 6.66. The highest BCUT2D eigenvalue weighted by Gasteiger charge is 2.36. The molecule has 13 heavy (non-hydrogen) atoms. The summed E-state index contributed by atoms with van der Waals surface area (Å²) < 4.78 is 26.0. The smallest absolute Gasteiger partial charge is 0.361 e. The van der Waals surface area contributed by atoms with Crippen LogP contribution in [-0.4, -0.2) is 21.2 Å². The van der Waals surface area contributed by atoms with Crippen LogP contribution < -0.4 is 0 Å². The van der Waals surface area contributed by atoms with E-state index < -0.39 is 21.5 Å². The van der Waals surface area contributed by atoms with Crippen molar-refractivity contribution in [3.63, 3.8) is 0 Å². The highest BCUT2D eigenvalue weighted by Crippen LogP contribution is 2.65. The quantitative estimate of drug-likeness (QED) is 0.620. The van der Waals surface area contributed by atoms with Gasteiger partial charge < -0.3 is 14.9 Å². The first kappa shape index (κ1) is 11.1. The van der Waals surface area contributed by atoms with E-state index in [0.717, 1.165) is 0 Å². The monoisotopic (exact) mass is 228 g/mol. The highest BCUT2D eigenvalue weighted by molar-refractivity contribution is 7.68. The SMILES string of the molecule is O=P(O)(CO)OP(=O)(O)C1=CCC1. The summed E-state index contributed by atoms with van der Waals surface area (Å²) in [4.78, 5) is 17.9. The van der Waals surface area contributed by atoms with Gasteiger partial charge in [-0.1, -0.05) is 6.08 Å². The number of hydrogen-bond acceptors (Lipinski definition) is 4. The lowest BCUT2D eigenvalue weighted by Gasteiger charge is -2.21. The molecule has 0 heterocycles. The summed E-state index contributed by atoms with van der Waals surface area (Å²) in [5.74, 6) is 0. The van der Waals surface area contributed by atoms with E-state index in [0.29, 0.717) is 12.8 Å². The van der Waals surface area contributed by atoms with Crippen LogP contribution in [0.25, 0.3) is 0 Å². The Kier molecular flexibility index (Phi) is 3.12. The van der Waals surface area contributed by atoms with Gasteiger partial charge in [0.2, 0.25) is 0 Å². The zero-order valence-corrected chi connectivity index (χ0v) is 8.45. The molecule has 0 saturated carbocycles. The van der Waals surface area contributed by atoms with Crippen LogP contribution in [0, 0.1) is 0 Å². The summed E-state index contributed by atoms with van der Waals surface area (Å²) in [6.45, 7) is 0. The van der Waals surface area contributed by atoms with E-state index in [1.54, 1.807) is 0 Å². The molecule has 0 fully saturated rings. The van der Waals surface area contributed by atoms with Gasteiger partial charge in [0.15, 0.2) is 0 Å². The maximum Gasteiger partial charge on any atom is 0.361 e. The van der Waals surface area contributed by atoms with E-state index in [9.17, 15) is 9.13 Å². The van der Waals surface area contributed by atoms with E-state index in [4.69, 9.17) is 14.9 Å². The minimum Gasteiger partial charge on any atom is -0.384 e. The van der Waals surface area contributed by atoms with Gasteiger partial charge in [0.25, 0.3) is 0 Å².